The maximum Gasteiger partial charge on any atom is 0.202 e. The van der Waals surface area contributed by atoms with E-state index in [4.69, 9.17) is 0 Å². The smallest absolute Gasteiger partial charge is 0.0622 e. The minimum Gasteiger partial charge on any atom is -0.0622 e. The van der Waals surface area contributed by atoms with Crippen LogP contribution in [0.15, 0.2) is 72.1 Å². The van der Waals surface area contributed by atoms with Gasteiger partial charge in [0, 0.05) is 12.1 Å². The second-order valence-electron chi connectivity index (χ2n) is 3.29. The molecule has 1 heterocycles. The first-order valence-corrected chi connectivity index (χ1v) is 5.17. The summed E-state index contributed by atoms with van der Waals surface area (Å²) in [6.07, 6.45) is 9.51. The first-order valence-electron chi connectivity index (χ1n) is 5.17. The summed E-state index contributed by atoms with van der Waals surface area (Å²) in [6, 6.07) is 16.0. The fourth-order valence-electron chi connectivity index (χ4n) is 1.30. The molecule has 0 radical (unpaired) electrons. The standard InChI is InChI=1S/C14H13N2/c1-3-8-14(9-4-1)10-7-11-15-16-12-5-2-6-13-16/h1-13H/q+1. The highest BCUT2D eigenvalue weighted by Crippen LogP contribution is 1.99. The molecule has 78 valence electrons. The lowest BCUT2D eigenvalue weighted by Crippen LogP contribution is -2.25. The van der Waals surface area contributed by atoms with Gasteiger partial charge in [-0.3, -0.25) is 0 Å². The Morgan fingerprint density at radius 3 is 2.31 bits per heavy atom. The van der Waals surface area contributed by atoms with E-state index in [-0.39, 0.29) is 0 Å². The maximum atomic E-state index is 4.23. The van der Waals surface area contributed by atoms with Gasteiger partial charge in [-0.05, 0) is 16.7 Å². The molecule has 0 amide bonds. The number of allylic oxidation sites excluding steroid dienone is 1. The number of pyridine rings is 1. The largest absolute Gasteiger partial charge is 0.202 e. The molecule has 0 aliphatic carbocycles. The lowest BCUT2D eigenvalue weighted by atomic mass is 10.2. The van der Waals surface area contributed by atoms with Crippen LogP contribution in [0.5, 0.6) is 0 Å². The van der Waals surface area contributed by atoms with Crippen LogP contribution in [0.1, 0.15) is 5.56 Å². The van der Waals surface area contributed by atoms with Crippen LogP contribution in [0.2, 0.25) is 0 Å². The molecular weight excluding hydrogens is 196 g/mol. The summed E-state index contributed by atoms with van der Waals surface area (Å²) in [5, 5.41) is 4.23. The molecule has 16 heavy (non-hydrogen) atoms. The summed E-state index contributed by atoms with van der Waals surface area (Å²) in [5.74, 6) is 0. The van der Waals surface area contributed by atoms with Crippen LogP contribution < -0.4 is 4.68 Å². The van der Waals surface area contributed by atoms with Crippen molar-refractivity contribution in [1.82, 2.24) is 0 Å². The van der Waals surface area contributed by atoms with E-state index < -0.39 is 0 Å². The third kappa shape index (κ3) is 3.17. The van der Waals surface area contributed by atoms with Gasteiger partial charge in [-0.1, -0.05) is 47.2 Å². The van der Waals surface area contributed by atoms with Crippen LogP contribution >= 0.6 is 0 Å². The van der Waals surface area contributed by atoms with E-state index in [9.17, 15) is 0 Å². The van der Waals surface area contributed by atoms with Gasteiger partial charge in [0.25, 0.3) is 0 Å². The molecular formula is C14H13N2+. The summed E-state index contributed by atoms with van der Waals surface area (Å²) >= 11 is 0. The number of benzene rings is 1. The van der Waals surface area contributed by atoms with Crippen molar-refractivity contribution in [3.8, 4) is 0 Å². The highest BCUT2D eigenvalue weighted by atomic mass is 15.3. The Labute approximate surface area is 95.2 Å². The molecule has 0 N–H and O–H groups in total. The molecule has 0 fully saturated rings. The average Bonchev–Trinajstić information content (AvgIpc) is 2.37. The van der Waals surface area contributed by atoms with Crippen molar-refractivity contribution in [2.24, 2.45) is 5.10 Å². The molecule has 1 aromatic carbocycles. The zero-order valence-corrected chi connectivity index (χ0v) is 8.90. The summed E-state index contributed by atoms with van der Waals surface area (Å²) < 4.78 is 1.76. The minimum atomic E-state index is 1.17. The minimum absolute atomic E-state index is 1.17. The number of nitrogens with zero attached hydrogens (tertiary/aromatic N) is 2. The summed E-state index contributed by atoms with van der Waals surface area (Å²) in [5.41, 5.74) is 1.17. The Bertz CT molecular complexity index is 425. The van der Waals surface area contributed by atoms with E-state index in [0.717, 1.165) is 0 Å². The fourth-order valence-corrected chi connectivity index (χ4v) is 1.30. The molecule has 0 spiro atoms. The van der Waals surface area contributed by atoms with Gasteiger partial charge in [0.05, 0.1) is 6.21 Å². The second kappa shape index (κ2) is 5.61. The van der Waals surface area contributed by atoms with Crippen LogP contribution in [0, 0.1) is 0 Å². The zero-order valence-electron chi connectivity index (χ0n) is 8.90. The topological polar surface area (TPSA) is 16.2 Å². The average molecular weight is 209 g/mol. The molecule has 2 rings (SSSR count). The SMILES string of the molecule is C(=Cc1ccccc1)C=N[n+]1ccccc1. The second-order valence-corrected chi connectivity index (χ2v) is 3.29. The van der Waals surface area contributed by atoms with Crippen molar-refractivity contribution in [1.29, 1.82) is 0 Å². The highest BCUT2D eigenvalue weighted by Gasteiger charge is 1.88. The Balaban J connectivity index is 1.98. The van der Waals surface area contributed by atoms with E-state index in [1.165, 1.54) is 5.56 Å². The summed E-state index contributed by atoms with van der Waals surface area (Å²) in [4.78, 5) is 0. The van der Waals surface area contributed by atoms with E-state index >= 15 is 0 Å². The molecule has 2 nitrogen and oxygen atoms in total. The normalized spacial score (nSPS) is 11.2. The fraction of sp³-hybridized carbons (Fsp3) is 0. The molecule has 0 atom stereocenters. The van der Waals surface area contributed by atoms with E-state index in [0.29, 0.717) is 0 Å². The molecule has 2 heteroatoms. The Hall–Kier alpha value is -2.22. The van der Waals surface area contributed by atoms with E-state index in [1.54, 1.807) is 10.9 Å². The lowest BCUT2D eigenvalue weighted by molar-refractivity contribution is -0.678. The molecule has 0 saturated carbocycles. The summed E-state index contributed by atoms with van der Waals surface area (Å²) in [7, 11) is 0. The van der Waals surface area contributed by atoms with Crippen molar-refractivity contribution < 1.29 is 4.68 Å². The summed E-state index contributed by atoms with van der Waals surface area (Å²) in [6.45, 7) is 0. The number of rotatable bonds is 3. The number of aromatic nitrogens is 1. The third-order valence-electron chi connectivity index (χ3n) is 2.07. The van der Waals surface area contributed by atoms with Crippen molar-refractivity contribution in [3.63, 3.8) is 0 Å². The Kier molecular flexibility index (Phi) is 3.61. The predicted molar refractivity (Wildman–Crippen MR) is 66.0 cm³/mol. The number of hydrogen-bond acceptors (Lipinski definition) is 1. The zero-order chi connectivity index (χ0) is 11.1. The molecule has 0 aliphatic heterocycles. The molecule has 2 aromatic rings. The van der Waals surface area contributed by atoms with Gasteiger partial charge in [-0.15, -0.1) is 0 Å². The molecule has 1 aromatic heterocycles. The lowest BCUT2D eigenvalue weighted by Gasteiger charge is -1.87. The van der Waals surface area contributed by atoms with Gasteiger partial charge in [0.15, 0.2) is 0 Å². The monoisotopic (exact) mass is 209 g/mol. The quantitative estimate of drug-likeness (QED) is 0.545. The molecule has 0 saturated heterocycles. The number of hydrogen-bond donors (Lipinski definition) is 0. The predicted octanol–water partition coefficient (Wildman–Crippen LogP) is 2.52. The molecule has 0 bridgehead atoms. The van der Waals surface area contributed by atoms with Gasteiger partial charge in [-0.25, -0.2) is 0 Å². The van der Waals surface area contributed by atoms with Crippen molar-refractivity contribution in [2.45, 2.75) is 0 Å². The Morgan fingerprint density at radius 1 is 0.875 bits per heavy atom. The Morgan fingerprint density at radius 2 is 1.56 bits per heavy atom. The van der Waals surface area contributed by atoms with Crippen molar-refractivity contribution in [3.05, 3.63) is 72.6 Å². The first-order chi connectivity index (χ1) is 7.95. The van der Waals surface area contributed by atoms with Crippen LogP contribution in [0.4, 0.5) is 0 Å². The van der Waals surface area contributed by atoms with Gasteiger partial charge in [-0.2, -0.15) is 0 Å². The van der Waals surface area contributed by atoms with Gasteiger partial charge >= 0.3 is 0 Å². The van der Waals surface area contributed by atoms with Crippen LogP contribution in [0.25, 0.3) is 6.08 Å². The van der Waals surface area contributed by atoms with Crippen LogP contribution in [0.3, 0.4) is 0 Å². The van der Waals surface area contributed by atoms with Gasteiger partial charge < -0.3 is 0 Å². The third-order valence-corrected chi connectivity index (χ3v) is 2.07. The van der Waals surface area contributed by atoms with E-state index in [1.807, 2.05) is 60.9 Å². The van der Waals surface area contributed by atoms with Crippen molar-refractivity contribution in [2.75, 3.05) is 0 Å². The van der Waals surface area contributed by atoms with Crippen LogP contribution in [-0.4, -0.2) is 6.21 Å². The van der Waals surface area contributed by atoms with Gasteiger partial charge in [0.1, 0.15) is 0 Å². The van der Waals surface area contributed by atoms with E-state index in [2.05, 4.69) is 17.2 Å². The highest BCUT2D eigenvalue weighted by molar-refractivity contribution is 5.77. The molecule has 0 unspecified atom stereocenters. The molecule has 0 aliphatic rings. The first kappa shape index (κ1) is 10.3. The van der Waals surface area contributed by atoms with Gasteiger partial charge in [0.2, 0.25) is 12.4 Å². The van der Waals surface area contributed by atoms with Crippen molar-refractivity contribution >= 4 is 12.3 Å². The maximum absolute atomic E-state index is 4.23. The van der Waals surface area contributed by atoms with Crippen LogP contribution in [-0.2, 0) is 0 Å².